The van der Waals surface area contributed by atoms with Crippen LogP contribution in [0.15, 0.2) is 18.2 Å². The smallest absolute Gasteiger partial charge is 0.120 e. The summed E-state index contributed by atoms with van der Waals surface area (Å²) in [6.45, 7) is 0. The zero-order valence-corrected chi connectivity index (χ0v) is 14.7. The van der Waals surface area contributed by atoms with Crippen LogP contribution in [0, 0.1) is 11.3 Å². The van der Waals surface area contributed by atoms with Gasteiger partial charge in [-0.2, -0.15) is 5.26 Å². The fourth-order valence-electron chi connectivity index (χ4n) is 0.932. The summed E-state index contributed by atoms with van der Waals surface area (Å²) in [5.74, 6) is 0.688. The first-order chi connectivity index (χ1) is 7.49. The predicted octanol–water partition coefficient (Wildman–Crippen LogP) is 5.81. The van der Waals surface area contributed by atoms with Gasteiger partial charge in [0.05, 0.1) is 19.6 Å². The molecule has 0 unspecified atom stereocenters. The molecule has 0 saturated heterocycles. The third-order valence-electron chi connectivity index (χ3n) is 1.45. The predicted molar refractivity (Wildman–Crippen MR) is 81.0 cm³/mol. The summed E-state index contributed by atoms with van der Waals surface area (Å²) in [7, 11) is 1.57. The number of rotatable bonds is 2. The van der Waals surface area contributed by atoms with Gasteiger partial charge in [-0.3, -0.25) is 0 Å². The molecular formula is C9H8Br3ClNOP. The average molecular weight is 452 g/mol. The second kappa shape index (κ2) is 9.67. The van der Waals surface area contributed by atoms with Crippen molar-refractivity contribution in [2.75, 3.05) is 7.11 Å². The van der Waals surface area contributed by atoms with Crippen molar-refractivity contribution in [3.05, 3.63) is 28.8 Å². The SMILES string of the molecule is BrP(Br)Br.COc1cc(Cl)cc(CC#N)c1. The number of hydrogen-bond donors (Lipinski definition) is 0. The number of hydrogen-bond acceptors (Lipinski definition) is 2. The maximum absolute atomic E-state index is 8.44. The number of nitriles is 1. The van der Waals surface area contributed by atoms with E-state index in [9.17, 15) is 0 Å². The standard InChI is InChI=1S/C9H8ClNO.Br3P/c1-12-9-5-7(2-3-11)4-8(10)6-9;1-4(2)3/h4-6H,2H2,1H3;. The Morgan fingerprint density at radius 2 is 1.94 bits per heavy atom. The first-order valence-electron chi connectivity index (χ1n) is 3.97. The lowest BCUT2D eigenvalue weighted by molar-refractivity contribution is 0.414. The third-order valence-corrected chi connectivity index (χ3v) is 1.67. The molecule has 0 atom stereocenters. The van der Waals surface area contributed by atoms with E-state index in [1.165, 1.54) is 0 Å². The van der Waals surface area contributed by atoms with Gasteiger partial charge in [-0.25, -0.2) is 0 Å². The zero-order chi connectivity index (χ0) is 12.6. The maximum Gasteiger partial charge on any atom is 0.120 e. The molecule has 16 heavy (non-hydrogen) atoms. The Morgan fingerprint density at radius 1 is 1.38 bits per heavy atom. The van der Waals surface area contributed by atoms with Gasteiger partial charge in [0.15, 0.2) is 0 Å². The molecule has 0 bridgehead atoms. The van der Waals surface area contributed by atoms with Crippen LogP contribution in [0.2, 0.25) is 5.02 Å². The molecule has 0 N–H and O–H groups in total. The molecule has 88 valence electrons. The Bertz CT molecular complexity index is 368. The second-order valence-corrected chi connectivity index (χ2v) is 18.3. The van der Waals surface area contributed by atoms with Gasteiger partial charge in [0.25, 0.3) is 0 Å². The normalized spacial score (nSPS) is 9.06. The van der Waals surface area contributed by atoms with Gasteiger partial charge in [-0.05, 0) is 70.2 Å². The van der Waals surface area contributed by atoms with Crippen molar-refractivity contribution in [3.8, 4) is 11.8 Å². The summed E-state index contributed by atoms with van der Waals surface area (Å²) in [6, 6.07) is 7.32. The molecule has 2 nitrogen and oxygen atoms in total. The fourth-order valence-corrected chi connectivity index (χ4v) is 1.18. The highest BCUT2D eigenvalue weighted by Crippen LogP contribution is 2.59. The summed E-state index contributed by atoms with van der Waals surface area (Å²) in [4.78, 5) is 0. The summed E-state index contributed by atoms with van der Waals surface area (Å²) in [5, 5.41) is 9.04. The van der Waals surface area contributed by atoms with Crippen LogP contribution in [0.5, 0.6) is 5.75 Å². The van der Waals surface area contributed by atoms with Crippen LogP contribution in [-0.2, 0) is 6.42 Å². The van der Waals surface area contributed by atoms with Gasteiger partial charge in [-0.1, -0.05) is 11.6 Å². The molecule has 0 heterocycles. The number of nitrogens with zero attached hydrogens (tertiary/aromatic N) is 1. The summed E-state index contributed by atoms with van der Waals surface area (Å²) in [6.07, 6.45) is 0.358. The topological polar surface area (TPSA) is 33.0 Å². The molecule has 1 rings (SSSR count). The van der Waals surface area contributed by atoms with Crippen LogP contribution in [0.3, 0.4) is 0 Å². The Balaban J connectivity index is 0.000000487. The van der Waals surface area contributed by atoms with Crippen LogP contribution >= 0.6 is 62.1 Å². The molecular weight excluding hydrogens is 444 g/mol. The van der Waals surface area contributed by atoms with Crippen LogP contribution in [0.25, 0.3) is 0 Å². The highest BCUT2D eigenvalue weighted by Gasteiger charge is 1.98. The Labute approximate surface area is 125 Å². The average Bonchev–Trinajstić information content (AvgIpc) is 2.16. The minimum absolute atomic E-state index is 0.183. The Kier molecular flexibility index (Phi) is 10.1. The van der Waals surface area contributed by atoms with Crippen LogP contribution in [0.4, 0.5) is 0 Å². The Morgan fingerprint density at radius 3 is 2.38 bits per heavy atom. The molecule has 0 aliphatic heterocycles. The molecule has 0 aliphatic carbocycles. The molecule has 0 aliphatic rings. The molecule has 1 aromatic carbocycles. The van der Waals surface area contributed by atoms with E-state index in [0.29, 0.717) is 17.2 Å². The van der Waals surface area contributed by atoms with E-state index in [-0.39, 0.29) is 4.03 Å². The lowest BCUT2D eigenvalue weighted by atomic mass is 10.1. The number of halogens is 4. The van der Waals surface area contributed by atoms with Crippen LogP contribution < -0.4 is 4.74 Å². The highest BCUT2D eigenvalue weighted by atomic mass is 80.0. The quantitative estimate of drug-likeness (QED) is 0.531. The minimum atomic E-state index is -0.183. The van der Waals surface area contributed by atoms with Crippen molar-refractivity contribution in [2.45, 2.75) is 6.42 Å². The van der Waals surface area contributed by atoms with E-state index in [1.54, 1.807) is 25.3 Å². The largest absolute Gasteiger partial charge is 0.497 e. The van der Waals surface area contributed by atoms with E-state index in [1.807, 2.05) is 6.07 Å². The van der Waals surface area contributed by atoms with Crippen molar-refractivity contribution >= 4 is 62.1 Å². The van der Waals surface area contributed by atoms with E-state index in [4.69, 9.17) is 21.6 Å². The molecule has 0 aromatic heterocycles. The summed E-state index contributed by atoms with van der Waals surface area (Å²) in [5.41, 5.74) is 0.877. The van der Waals surface area contributed by atoms with Crippen molar-refractivity contribution < 1.29 is 4.74 Å². The number of methoxy groups -OCH3 is 1. The van der Waals surface area contributed by atoms with Crippen molar-refractivity contribution in [1.29, 1.82) is 5.26 Å². The van der Waals surface area contributed by atoms with Gasteiger partial charge < -0.3 is 4.74 Å². The van der Waals surface area contributed by atoms with Crippen molar-refractivity contribution in [2.24, 2.45) is 0 Å². The van der Waals surface area contributed by atoms with Crippen LogP contribution in [-0.4, -0.2) is 7.11 Å². The maximum atomic E-state index is 8.44. The molecule has 0 radical (unpaired) electrons. The molecule has 0 spiro atoms. The van der Waals surface area contributed by atoms with Gasteiger partial charge in [0, 0.05) is 5.02 Å². The van der Waals surface area contributed by atoms with E-state index in [2.05, 4.69) is 46.5 Å². The molecule has 0 saturated carbocycles. The lowest BCUT2D eigenvalue weighted by Crippen LogP contribution is -1.86. The lowest BCUT2D eigenvalue weighted by Gasteiger charge is -2.02. The minimum Gasteiger partial charge on any atom is -0.497 e. The molecule has 1 aromatic rings. The van der Waals surface area contributed by atoms with E-state index >= 15 is 0 Å². The first-order valence-corrected chi connectivity index (χ1v) is 11.7. The van der Waals surface area contributed by atoms with Gasteiger partial charge >= 0.3 is 0 Å². The number of ether oxygens (including phenoxy) is 1. The first kappa shape index (κ1) is 16.7. The molecule has 0 fully saturated rings. The third kappa shape index (κ3) is 8.78. The highest BCUT2D eigenvalue weighted by molar-refractivity contribution is 9.93. The van der Waals surface area contributed by atoms with Crippen LogP contribution in [0.1, 0.15) is 5.56 Å². The fraction of sp³-hybridized carbons (Fsp3) is 0.222. The Hall–Kier alpha value is 0.670. The molecule has 7 heteroatoms. The number of benzene rings is 1. The van der Waals surface area contributed by atoms with E-state index in [0.717, 1.165) is 5.56 Å². The second-order valence-electron chi connectivity index (χ2n) is 2.53. The van der Waals surface area contributed by atoms with Gasteiger partial charge in [0.1, 0.15) is 9.78 Å². The van der Waals surface area contributed by atoms with Crippen molar-refractivity contribution in [1.82, 2.24) is 0 Å². The van der Waals surface area contributed by atoms with Crippen molar-refractivity contribution in [3.63, 3.8) is 0 Å². The summed E-state index contributed by atoms with van der Waals surface area (Å²) >= 11 is 15.3. The zero-order valence-electron chi connectivity index (χ0n) is 8.25. The monoisotopic (exact) mass is 449 g/mol. The summed E-state index contributed by atoms with van der Waals surface area (Å²) < 4.78 is 4.81. The van der Waals surface area contributed by atoms with E-state index < -0.39 is 0 Å². The van der Waals surface area contributed by atoms with Gasteiger partial charge in [-0.15, -0.1) is 0 Å². The molecule has 0 amide bonds. The van der Waals surface area contributed by atoms with Gasteiger partial charge in [0.2, 0.25) is 0 Å².